The number of benzene rings is 1. The molecule has 0 amide bonds. The Kier molecular flexibility index (Phi) is 4.89. The molecule has 0 radical (unpaired) electrons. The maximum Gasteiger partial charge on any atom is 0.206 e. The second-order valence-corrected chi connectivity index (χ2v) is 3.87. The third-order valence-electron chi connectivity index (χ3n) is 2.23. The Morgan fingerprint density at radius 2 is 1.39 bits per heavy atom. The number of rotatable bonds is 5. The van der Waals surface area contributed by atoms with Crippen molar-refractivity contribution in [1.29, 1.82) is 0 Å². The van der Waals surface area contributed by atoms with Crippen LogP contribution >= 0.6 is 0 Å². The van der Waals surface area contributed by atoms with E-state index in [2.05, 4.69) is 10.1 Å². The smallest absolute Gasteiger partial charge is 0.206 e. The fourth-order valence-corrected chi connectivity index (χ4v) is 1.34. The van der Waals surface area contributed by atoms with Crippen LogP contribution in [0, 0.1) is 35.0 Å². The molecular formula is C11H12F5NO. The van der Waals surface area contributed by atoms with Gasteiger partial charge in [-0.05, 0) is 7.05 Å². The molecule has 0 heterocycles. The van der Waals surface area contributed by atoms with Gasteiger partial charge in [0.25, 0.3) is 0 Å². The fraction of sp³-hybridized carbons (Fsp3) is 0.455. The van der Waals surface area contributed by atoms with Crippen molar-refractivity contribution >= 4 is 0 Å². The number of halogens is 5. The maximum absolute atomic E-state index is 13.2. The van der Waals surface area contributed by atoms with Crippen LogP contribution in [0.5, 0.6) is 5.75 Å². The van der Waals surface area contributed by atoms with Crippen molar-refractivity contribution in [3.8, 4) is 5.75 Å². The Morgan fingerprint density at radius 1 is 0.944 bits per heavy atom. The zero-order valence-corrected chi connectivity index (χ0v) is 9.79. The first-order chi connectivity index (χ1) is 8.40. The second kappa shape index (κ2) is 5.99. The summed E-state index contributed by atoms with van der Waals surface area (Å²) in [5.41, 5.74) is 0. The summed E-state index contributed by atoms with van der Waals surface area (Å²) >= 11 is 0. The number of hydrogen-bond donors (Lipinski definition) is 1. The molecule has 2 nitrogen and oxygen atoms in total. The molecule has 1 unspecified atom stereocenters. The molecule has 0 aliphatic carbocycles. The molecule has 1 N–H and O–H groups in total. The van der Waals surface area contributed by atoms with Crippen LogP contribution in [0.1, 0.15) is 6.92 Å². The van der Waals surface area contributed by atoms with E-state index in [0.29, 0.717) is 6.54 Å². The Hall–Kier alpha value is -1.37. The van der Waals surface area contributed by atoms with Crippen molar-refractivity contribution in [3.63, 3.8) is 0 Å². The van der Waals surface area contributed by atoms with Gasteiger partial charge in [0.05, 0.1) is 6.61 Å². The maximum atomic E-state index is 13.2. The van der Waals surface area contributed by atoms with Crippen molar-refractivity contribution in [2.75, 3.05) is 20.2 Å². The predicted octanol–water partition coefficient (Wildman–Crippen LogP) is 2.62. The highest BCUT2D eigenvalue weighted by atomic mass is 19.2. The summed E-state index contributed by atoms with van der Waals surface area (Å²) in [4.78, 5) is 0. The molecule has 1 rings (SSSR count). The lowest BCUT2D eigenvalue weighted by atomic mass is 10.2. The molecule has 0 saturated carbocycles. The molecule has 1 atom stereocenters. The molecule has 0 fully saturated rings. The summed E-state index contributed by atoms with van der Waals surface area (Å²) in [7, 11) is 1.66. The van der Waals surface area contributed by atoms with Gasteiger partial charge in [0.15, 0.2) is 5.75 Å². The third-order valence-corrected chi connectivity index (χ3v) is 2.23. The zero-order valence-electron chi connectivity index (χ0n) is 9.79. The average Bonchev–Trinajstić information content (AvgIpc) is 2.34. The van der Waals surface area contributed by atoms with Crippen molar-refractivity contribution in [3.05, 3.63) is 29.1 Å². The van der Waals surface area contributed by atoms with Crippen LogP contribution in [-0.4, -0.2) is 20.2 Å². The van der Waals surface area contributed by atoms with E-state index in [4.69, 9.17) is 0 Å². The minimum Gasteiger partial charge on any atom is -0.487 e. The van der Waals surface area contributed by atoms with Crippen molar-refractivity contribution in [1.82, 2.24) is 5.32 Å². The highest BCUT2D eigenvalue weighted by Gasteiger charge is 2.27. The van der Waals surface area contributed by atoms with Gasteiger partial charge in [0, 0.05) is 12.5 Å². The first-order valence-electron chi connectivity index (χ1n) is 5.19. The normalized spacial score (nSPS) is 12.6. The van der Waals surface area contributed by atoms with Crippen LogP contribution in [0.2, 0.25) is 0 Å². The van der Waals surface area contributed by atoms with Gasteiger partial charge in [-0.2, -0.15) is 8.78 Å². The monoisotopic (exact) mass is 269 g/mol. The Bertz CT molecular complexity index is 409. The Balaban J connectivity index is 2.96. The predicted molar refractivity (Wildman–Crippen MR) is 54.8 cm³/mol. The molecule has 1 aromatic rings. The summed E-state index contributed by atoms with van der Waals surface area (Å²) in [6.45, 7) is 2.01. The van der Waals surface area contributed by atoms with Crippen LogP contribution < -0.4 is 10.1 Å². The van der Waals surface area contributed by atoms with Crippen LogP contribution in [0.4, 0.5) is 22.0 Å². The first-order valence-corrected chi connectivity index (χ1v) is 5.19. The van der Waals surface area contributed by atoms with Crippen LogP contribution in [0.3, 0.4) is 0 Å². The SMILES string of the molecule is CNCC(C)COc1c(F)c(F)c(F)c(F)c1F. The quantitative estimate of drug-likeness (QED) is 0.504. The molecule has 0 aromatic heterocycles. The number of hydrogen-bond acceptors (Lipinski definition) is 2. The lowest BCUT2D eigenvalue weighted by molar-refractivity contribution is 0.224. The topological polar surface area (TPSA) is 21.3 Å². The molecule has 7 heteroatoms. The molecule has 0 aliphatic heterocycles. The lowest BCUT2D eigenvalue weighted by Crippen LogP contribution is -2.22. The van der Waals surface area contributed by atoms with Gasteiger partial charge >= 0.3 is 0 Å². The lowest BCUT2D eigenvalue weighted by Gasteiger charge is -2.14. The molecule has 0 aliphatic rings. The molecule has 18 heavy (non-hydrogen) atoms. The molecular weight excluding hydrogens is 257 g/mol. The summed E-state index contributed by atoms with van der Waals surface area (Å²) < 4.78 is 69.4. The van der Waals surface area contributed by atoms with Gasteiger partial charge in [-0.25, -0.2) is 13.2 Å². The van der Waals surface area contributed by atoms with E-state index in [1.54, 1.807) is 14.0 Å². The van der Waals surface area contributed by atoms with Crippen molar-refractivity contribution in [2.24, 2.45) is 5.92 Å². The van der Waals surface area contributed by atoms with Gasteiger partial charge in [0.1, 0.15) is 0 Å². The van der Waals surface area contributed by atoms with E-state index >= 15 is 0 Å². The Morgan fingerprint density at radius 3 is 1.83 bits per heavy atom. The Labute approximate surface area is 101 Å². The van der Waals surface area contributed by atoms with Gasteiger partial charge in [-0.15, -0.1) is 0 Å². The van der Waals surface area contributed by atoms with Crippen LogP contribution in [0.25, 0.3) is 0 Å². The van der Waals surface area contributed by atoms with Crippen molar-refractivity contribution < 1.29 is 26.7 Å². The second-order valence-electron chi connectivity index (χ2n) is 3.87. The standard InChI is InChI=1S/C11H12F5NO/c1-5(3-17-2)4-18-11-9(15)7(13)6(12)8(14)10(11)16/h5,17H,3-4H2,1-2H3. The molecule has 0 bridgehead atoms. The molecule has 0 spiro atoms. The largest absolute Gasteiger partial charge is 0.487 e. The van der Waals surface area contributed by atoms with Crippen LogP contribution in [-0.2, 0) is 0 Å². The van der Waals surface area contributed by atoms with Gasteiger partial charge in [0.2, 0.25) is 29.1 Å². The van der Waals surface area contributed by atoms with Gasteiger partial charge in [-0.3, -0.25) is 0 Å². The average molecular weight is 269 g/mol. The summed E-state index contributed by atoms with van der Waals surface area (Å²) in [5.74, 6) is -11.5. The van der Waals surface area contributed by atoms with E-state index in [0.717, 1.165) is 0 Å². The summed E-state index contributed by atoms with van der Waals surface area (Å²) in [6.07, 6.45) is 0. The molecule has 0 saturated heterocycles. The van der Waals surface area contributed by atoms with Gasteiger partial charge < -0.3 is 10.1 Å². The summed E-state index contributed by atoms with van der Waals surface area (Å²) in [5, 5.41) is 2.79. The van der Waals surface area contributed by atoms with E-state index in [9.17, 15) is 22.0 Å². The van der Waals surface area contributed by atoms with Crippen molar-refractivity contribution in [2.45, 2.75) is 6.92 Å². The van der Waals surface area contributed by atoms with Gasteiger partial charge in [-0.1, -0.05) is 6.92 Å². The van der Waals surface area contributed by atoms with Crippen LogP contribution in [0.15, 0.2) is 0 Å². The molecule has 1 aromatic carbocycles. The minimum atomic E-state index is -2.19. The first kappa shape index (κ1) is 14.7. The van der Waals surface area contributed by atoms with E-state index < -0.39 is 34.8 Å². The summed E-state index contributed by atoms with van der Waals surface area (Å²) in [6, 6.07) is 0. The zero-order chi connectivity index (χ0) is 13.9. The van der Waals surface area contributed by atoms with E-state index in [1.807, 2.05) is 0 Å². The highest BCUT2D eigenvalue weighted by Crippen LogP contribution is 2.29. The number of ether oxygens (including phenoxy) is 1. The van der Waals surface area contributed by atoms with E-state index in [-0.39, 0.29) is 12.5 Å². The number of nitrogens with one attached hydrogen (secondary N) is 1. The third kappa shape index (κ3) is 2.90. The molecule has 102 valence electrons. The minimum absolute atomic E-state index is 0.148. The fourth-order valence-electron chi connectivity index (χ4n) is 1.34. The highest BCUT2D eigenvalue weighted by molar-refractivity contribution is 5.29. The van der Waals surface area contributed by atoms with E-state index in [1.165, 1.54) is 0 Å².